The van der Waals surface area contributed by atoms with E-state index in [2.05, 4.69) is 127 Å². The summed E-state index contributed by atoms with van der Waals surface area (Å²) in [6.07, 6.45) is 14.6. The first kappa shape index (κ1) is 33.5. The molecule has 5 heteroatoms. The zero-order valence-electron chi connectivity index (χ0n) is 27.3. The Hall–Kier alpha value is -3.05. The van der Waals surface area contributed by atoms with Gasteiger partial charge in [-0.2, -0.15) is 10.2 Å². The van der Waals surface area contributed by atoms with Gasteiger partial charge in [0, 0.05) is 30.9 Å². The molecule has 1 aromatic heterocycles. The molecule has 0 bridgehead atoms. The molecule has 3 aromatic rings. The van der Waals surface area contributed by atoms with E-state index in [4.69, 9.17) is 0 Å². The largest absolute Gasteiger partial charge is 0.372 e. The van der Waals surface area contributed by atoms with Gasteiger partial charge in [-0.15, -0.1) is 0 Å². The van der Waals surface area contributed by atoms with Crippen molar-refractivity contribution in [3.8, 4) is 11.1 Å². The fourth-order valence-corrected chi connectivity index (χ4v) is 5.75. The number of quaternary nitrogens is 1. The molecule has 3 rings (SSSR count). The molecule has 228 valence electrons. The number of hydrogen-bond acceptors (Lipinski definition) is 3. The van der Waals surface area contributed by atoms with E-state index in [1.807, 2.05) is 0 Å². The minimum atomic E-state index is 0.871. The molecule has 0 spiro atoms. The highest BCUT2D eigenvalue weighted by Gasteiger charge is 2.20. The highest BCUT2D eigenvalue weighted by atomic mass is 15.3. The molecule has 0 unspecified atom stereocenters. The predicted octanol–water partition coefficient (Wildman–Crippen LogP) is 9.90. The van der Waals surface area contributed by atoms with E-state index in [1.165, 1.54) is 98.8 Å². The van der Waals surface area contributed by atoms with Gasteiger partial charge >= 0.3 is 0 Å². The van der Waals surface area contributed by atoms with Gasteiger partial charge in [-0.1, -0.05) is 58.1 Å². The van der Waals surface area contributed by atoms with Gasteiger partial charge in [0.15, 0.2) is 18.9 Å². The number of unbranched alkanes of at least 4 members (excludes halogenated alkanes) is 5. The summed E-state index contributed by atoms with van der Waals surface area (Å²) in [6.45, 7) is 19.7. The maximum Gasteiger partial charge on any atom is 0.169 e. The molecule has 0 radical (unpaired) electrons. The van der Waals surface area contributed by atoms with Gasteiger partial charge in [0.05, 0.1) is 44.0 Å². The summed E-state index contributed by atoms with van der Waals surface area (Å²) in [4.78, 5) is 2.55. The summed E-state index contributed by atoms with van der Waals surface area (Å²) in [5, 5.41) is 9.03. The highest BCUT2D eigenvalue weighted by Crippen LogP contribution is 2.25. The topological polar surface area (TPSA) is 31.8 Å². The van der Waals surface area contributed by atoms with E-state index >= 15 is 0 Å². The van der Waals surface area contributed by atoms with Crippen LogP contribution < -0.4 is 9.47 Å². The number of benzene rings is 2. The molecule has 5 nitrogen and oxygen atoms in total. The Balaban J connectivity index is 1.54. The summed E-state index contributed by atoms with van der Waals surface area (Å²) in [7, 11) is 0. The second-order valence-corrected chi connectivity index (χ2v) is 11.7. The van der Waals surface area contributed by atoms with Crippen molar-refractivity contribution in [2.75, 3.05) is 44.2 Å². The van der Waals surface area contributed by atoms with E-state index < -0.39 is 0 Å². The van der Waals surface area contributed by atoms with E-state index in [9.17, 15) is 0 Å². The number of aromatic nitrogens is 1. The lowest BCUT2D eigenvalue weighted by Gasteiger charge is -2.35. The predicted molar refractivity (Wildman–Crippen MR) is 180 cm³/mol. The molecule has 0 aliphatic carbocycles. The van der Waals surface area contributed by atoms with Crippen LogP contribution in [0.15, 0.2) is 83.3 Å². The van der Waals surface area contributed by atoms with Crippen molar-refractivity contribution in [1.29, 1.82) is 0 Å². The van der Waals surface area contributed by atoms with E-state index in [-0.39, 0.29) is 0 Å². The van der Waals surface area contributed by atoms with E-state index in [0.717, 1.165) is 31.0 Å². The van der Waals surface area contributed by atoms with Gasteiger partial charge < -0.3 is 9.38 Å². The van der Waals surface area contributed by atoms with Crippen molar-refractivity contribution in [2.24, 2.45) is 10.2 Å². The Morgan fingerprint density at radius 2 is 1.07 bits per heavy atom. The average molecular weight is 572 g/mol. The molecule has 0 fully saturated rings. The van der Waals surface area contributed by atoms with Gasteiger partial charge in [-0.05, 0) is 81.1 Å². The van der Waals surface area contributed by atoms with Crippen LogP contribution in [0.1, 0.15) is 86.0 Å². The highest BCUT2D eigenvalue weighted by molar-refractivity contribution is 5.64. The van der Waals surface area contributed by atoms with Crippen LogP contribution in [0, 0.1) is 0 Å². The summed E-state index contributed by atoms with van der Waals surface area (Å²) < 4.78 is 3.52. The zero-order valence-corrected chi connectivity index (χ0v) is 27.3. The third-order valence-corrected chi connectivity index (χ3v) is 8.96. The molecule has 0 N–H and O–H groups in total. The molecule has 42 heavy (non-hydrogen) atoms. The van der Waals surface area contributed by atoms with Crippen molar-refractivity contribution in [1.82, 2.24) is 0 Å². The number of pyridine rings is 1. The van der Waals surface area contributed by atoms with Crippen molar-refractivity contribution in [3.05, 3.63) is 73.1 Å². The first-order valence-corrected chi connectivity index (χ1v) is 16.8. The first-order valence-electron chi connectivity index (χ1n) is 16.8. The Morgan fingerprint density at radius 1 is 0.571 bits per heavy atom. The first-order chi connectivity index (χ1) is 20.6. The Labute approximate surface area is 256 Å². The molecule has 2 aromatic carbocycles. The molecule has 0 aliphatic rings. The van der Waals surface area contributed by atoms with Gasteiger partial charge in [0.2, 0.25) is 0 Å². The van der Waals surface area contributed by atoms with Gasteiger partial charge in [-0.25, -0.2) is 4.57 Å². The normalized spacial score (nSPS) is 11.8. The molecule has 0 amide bonds. The molecule has 0 atom stereocenters. The summed E-state index contributed by atoms with van der Waals surface area (Å²) in [6, 6.07) is 21.4. The summed E-state index contributed by atoms with van der Waals surface area (Å²) in [5.74, 6) is 0. The van der Waals surface area contributed by atoms with Crippen molar-refractivity contribution in [2.45, 2.75) is 92.5 Å². The van der Waals surface area contributed by atoms with Crippen LogP contribution in [-0.4, -0.2) is 43.8 Å². The maximum absolute atomic E-state index is 4.52. The minimum absolute atomic E-state index is 0.871. The molecule has 1 heterocycles. The Kier molecular flexibility index (Phi) is 14.7. The van der Waals surface area contributed by atoms with Gasteiger partial charge in [0.25, 0.3) is 0 Å². The standard InChI is InChI=1S/C37H57N5/c1-6-11-13-15-29-41(28-14-12-7-2)37-23-21-36(22-24-37)39-38-35-19-17-33(18-20-35)34-25-30-40(31-26-34)27-16-32-42(8-3,9-4)10-5/h17-26,30-31H,6-16,27-29,32H2,1-5H3/q+2. The molecular weight excluding hydrogens is 514 g/mol. The zero-order chi connectivity index (χ0) is 30.0. The number of aryl methyl sites for hydroxylation is 1. The van der Waals surface area contributed by atoms with Crippen molar-refractivity contribution in [3.63, 3.8) is 0 Å². The Morgan fingerprint density at radius 3 is 1.62 bits per heavy atom. The third kappa shape index (κ3) is 10.7. The number of rotatable bonds is 20. The summed E-state index contributed by atoms with van der Waals surface area (Å²) in [5.41, 5.74) is 5.49. The fourth-order valence-electron chi connectivity index (χ4n) is 5.75. The average Bonchev–Trinajstić information content (AvgIpc) is 3.04. The van der Waals surface area contributed by atoms with Crippen LogP contribution in [0.2, 0.25) is 0 Å². The SMILES string of the molecule is CCCCCCN(CCCCC)c1ccc(N=Nc2ccc(-c3cc[n+](CCC[N+](CC)(CC)CC)cc3)cc2)cc1. The second kappa shape index (κ2) is 18.5. The van der Waals surface area contributed by atoms with Crippen molar-refractivity contribution >= 4 is 17.1 Å². The van der Waals surface area contributed by atoms with E-state index in [0.29, 0.717) is 0 Å². The smallest absolute Gasteiger partial charge is 0.169 e. The minimum Gasteiger partial charge on any atom is -0.372 e. The monoisotopic (exact) mass is 571 g/mol. The lowest BCUT2D eigenvalue weighted by molar-refractivity contribution is -0.925. The molecule has 0 saturated carbocycles. The van der Waals surface area contributed by atoms with Crippen LogP contribution in [0.4, 0.5) is 17.1 Å². The maximum atomic E-state index is 4.52. The number of hydrogen-bond donors (Lipinski definition) is 0. The summed E-state index contributed by atoms with van der Waals surface area (Å²) >= 11 is 0. The lowest BCUT2D eigenvalue weighted by Crippen LogP contribution is -2.49. The van der Waals surface area contributed by atoms with Crippen molar-refractivity contribution < 1.29 is 9.05 Å². The molecule has 0 saturated heterocycles. The molecule has 0 aliphatic heterocycles. The Bertz CT molecular complexity index is 1140. The quantitative estimate of drug-likeness (QED) is 0.0575. The second-order valence-electron chi connectivity index (χ2n) is 11.7. The number of nitrogens with zero attached hydrogens (tertiary/aromatic N) is 5. The van der Waals surface area contributed by atoms with E-state index in [1.54, 1.807) is 0 Å². The van der Waals surface area contributed by atoms with Gasteiger partial charge in [-0.3, -0.25) is 0 Å². The van der Waals surface area contributed by atoms with Crippen LogP contribution in [0.25, 0.3) is 11.1 Å². The van der Waals surface area contributed by atoms with Crippen LogP contribution in [-0.2, 0) is 6.54 Å². The van der Waals surface area contributed by atoms with Crippen LogP contribution >= 0.6 is 0 Å². The number of anilines is 1. The van der Waals surface area contributed by atoms with Crippen LogP contribution in [0.3, 0.4) is 0 Å². The fraction of sp³-hybridized carbons (Fsp3) is 0.541. The number of azo groups is 1. The van der Waals surface area contributed by atoms with Gasteiger partial charge in [0.1, 0.15) is 0 Å². The lowest BCUT2D eigenvalue weighted by atomic mass is 10.1. The van der Waals surface area contributed by atoms with Crippen LogP contribution in [0.5, 0.6) is 0 Å². The third-order valence-electron chi connectivity index (χ3n) is 8.96. The molecular formula is C37H57N5+2.